The molecule has 1 fully saturated rings. The Morgan fingerprint density at radius 3 is 2.63 bits per heavy atom. The number of H-pyrrole nitrogens is 1. The number of fused-ring (bicyclic) bond motifs is 1. The van der Waals surface area contributed by atoms with Gasteiger partial charge in [0.05, 0.1) is 6.54 Å². The summed E-state index contributed by atoms with van der Waals surface area (Å²) in [5.74, 6) is -0.166. The van der Waals surface area contributed by atoms with Crippen LogP contribution in [0.25, 0.3) is 16.5 Å². The summed E-state index contributed by atoms with van der Waals surface area (Å²) in [6.07, 6.45) is 6.64. The molecule has 2 aromatic rings. The third kappa shape index (κ3) is 3.76. The molecule has 1 saturated heterocycles. The molecule has 0 aliphatic carbocycles. The molecular formula is C21H26N4O2. The first kappa shape index (κ1) is 17.8. The van der Waals surface area contributed by atoms with Crippen molar-refractivity contribution < 1.29 is 9.59 Å². The van der Waals surface area contributed by atoms with E-state index in [0.717, 1.165) is 25.0 Å². The maximum atomic E-state index is 12.6. The van der Waals surface area contributed by atoms with Crippen molar-refractivity contribution in [1.29, 1.82) is 0 Å². The lowest BCUT2D eigenvalue weighted by Crippen LogP contribution is -2.46. The third-order valence-corrected chi connectivity index (χ3v) is 5.84. The summed E-state index contributed by atoms with van der Waals surface area (Å²) in [4.78, 5) is 31.2. The van der Waals surface area contributed by atoms with E-state index in [0.29, 0.717) is 32.5 Å². The number of hydrogen-bond donors (Lipinski definition) is 2. The Balaban J connectivity index is 1.34. The highest BCUT2D eigenvalue weighted by Crippen LogP contribution is 2.29. The Hall–Kier alpha value is -2.60. The van der Waals surface area contributed by atoms with E-state index in [1.165, 1.54) is 16.5 Å². The molecule has 4 rings (SSSR count). The highest BCUT2D eigenvalue weighted by molar-refractivity contribution is 5.92. The van der Waals surface area contributed by atoms with Gasteiger partial charge in [-0.15, -0.1) is 0 Å². The highest BCUT2D eigenvalue weighted by atomic mass is 16.2. The van der Waals surface area contributed by atoms with E-state index in [1.807, 2.05) is 11.0 Å². The van der Waals surface area contributed by atoms with Crippen molar-refractivity contribution in [2.75, 3.05) is 32.7 Å². The maximum Gasteiger partial charge on any atom is 0.236 e. The van der Waals surface area contributed by atoms with Gasteiger partial charge in [-0.2, -0.15) is 0 Å². The molecule has 1 aromatic carbocycles. The number of aromatic nitrogens is 1. The molecule has 1 aromatic heterocycles. The van der Waals surface area contributed by atoms with Gasteiger partial charge in [0, 0.05) is 54.8 Å². The van der Waals surface area contributed by atoms with Crippen molar-refractivity contribution in [3.8, 4) is 0 Å². The molecule has 0 atom stereocenters. The number of benzene rings is 1. The first-order valence-corrected chi connectivity index (χ1v) is 9.67. The summed E-state index contributed by atoms with van der Waals surface area (Å²) in [5.41, 5.74) is 9.14. The first-order valence-electron chi connectivity index (χ1n) is 9.67. The van der Waals surface area contributed by atoms with Gasteiger partial charge in [0.25, 0.3) is 0 Å². The number of para-hydroxylation sites is 1. The monoisotopic (exact) mass is 366 g/mol. The quantitative estimate of drug-likeness (QED) is 0.868. The van der Waals surface area contributed by atoms with Gasteiger partial charge in [0.2, 0.25) is 11.8 Å². The van der Waals surface area contributed by atoms with Crippen LogP contribution < -0.4 is 5.73 Å². The number of nitrogens with two attached hydrogens (primary N) is 1. The molecule has 2 aliphatic heterocycles. The van der Waals surface area contributed by atoms with E-state index in [1.54, 1.807) is 0 Å². The average Bonchev–Trinajstić information content (AvgIpc) is 3.13. The van der Waals surface area contributed by atoms with Gasteiger partial charge in [-0.25, -0.2) is 0 Å². The number of carbonyl (C=O) groups is 2. The number of aromatic amines is 1. The largest absolute Gasteiger partial charge is 0.369 e. The summed E-state index contributed by atoms with van der Waals surface area (Å²) in [6.45, 7) is 3.39. The van der Waals surface area contributed by atoms with Crippen LogP contribution in [-0.2, 0) is 9.59 Å². The summed E-state index contributed by atoms with van der Waals surface area (Å²) in [6, 6.07) is 8.34. The van der Waals surface area contributed by atoms with Crippen molar-refractivity contribution in [3.05, 3.63) is 42.1 Å². The van der Waals surface area contributed by atoms with Crippen LogP contribution in [0.15, 0.2) is 36.5 Å². The predicted octanol–water partition coefficient (Wildman–Crippen LogP) is 1.98. The van der Waals surface area contributed by atoms with Gasteiger partial charge >= 0.3 is 0 Å². The average molecular weight is 366 g/mol. The fraction of sp³-hybridized carbons (Fsp3) is 0.429. The Bertz CT molecular complexity index is 877. The fourth-order valence-corrected chi connectivity index (χ4v) is 4.14. The van der Waals surface area contributed by atoms with E-state index in [2.05, 4.69) is 40.4 Å². The SMILES string of the molecule is NC(=O)C1CCN(C(=O)CN2CC=C(c3c[nH]c4ccccc34)CC2)CC1. The van der Waals surface area contributed by atoms with Crippen LogP contribution in [0, 0.1) is 5.92 Å². The van der Waals surface area contributed by atoms with E-state index < -0.39 is 0 Å². The third-order valence-electron chi connectivity index (χ3n) is 5.84. The topological polar surface area (TPSA) is 82.4 Å². The van der Waals surface area contributed by atoms with Crippen molar-refractivity contribution in [2.45, 2.75) is 19.3 Å². The molecule has 6 heteroatoms. The number of rotatable bonds is 4. The molecule has 2 aliphatic rings. The molecule has 0 saturated carbocycles. The Morgan fingerprint density at radius 2 is 1.93 bits per heavy atom. The molecule has 0 spiro atoms. The summed E-state index contributed by atoms with van der Waals surface area (Å²) < 4.78 is 0. The minimum absolute atomic E-state index is 0.0781. The summed E-state index contributed by atoms with van der Waals surface area (Å²) in [5, 5.41) is 1.26. The van der Waals surface area contributed by atoms with Crippen molar-refractivity contribution in [2.24, 2.45) is 11.7 Å². The lowest BCUT2D eigenvalue weighted by molar-refractivity contribution is -0.135. The number of piperidine rings is 1. The highest BCUT2D eigenvalue weighted by Gasteiger charge is 2.27. The minimum atomic E-state index is -0.243. The standard InChI is InChI=1S/C21H26N4O2/c22-21(27)16-7-11-25(12-8-16)20(26)14-24-9-5-15(6-10-24)18-13-23-19-4-2-1-3-17(18)19/h1-5,13,16,23H,6-12,14H2,(H2,22,27). The van der Waals surface area contributed by atoms with Crippen molar-refractivity contribution in [3.63, 3.8) is 0 Å². The van der Waals surface area contributed by atoms with Gasteiger partial charge in [-0.1, -0.05) is 24.3 Å². The van der Waals surface area contributed by atoms with E-state index >= 15 is 0 Å². The normalized spacial score (nSPS) is 19.3. The molecule has 0 bridgehead atoms. The molecule has 0 unspecified atom stereocenters. The zero-order valence-electron chi connectivity index (χ0n) is 15.5. The van der Waals surface area contributed by atoms with Crippen LogP contribution in [0.3, 0.4) is 0 Å². The Morgan fingerprint density at radius 1 is 1.15 bits per heavy atom. The minimum Gasteiger partial charge on any atom is -0.369 e. The van der Waals surface area contributed by atoms with Crippen LogP contribution in [0.5, 0.6) is 0 Å². The second-order valence-electron chi connectivity index (χ2n) is 7.52. The second-order valence-corrected chi connectivity index (χ2v) is 7.52. The zero-order chi connectivity index (χ0) is 18.8. The van der Waals surface area contributed by atoms with Gasteiger partial charge in [-0.05, 0) is 30.9 Å². The number of hydrogen-bond acceptors (Lipinski definition) is 3. The number of primary amides is 1. The molecule has 142 valence electrons. The van der Waals surface area contributed by atoms with Crippen LogP contribution in [0.4, 0.5) is 0 Å². The molecule has 2 amide bonds. The van der Waals surface area contributed by atoms with Crippen LogP contribution >= 0.6 is 0 Å². The number of likely N-dealkylation sites (tertiary alicyclic amines) is 1. The van der Waals surface area contributed by atoms with Gasteiger partial charge in [0.15, 0.2) is 0 Å². The predicted molar refractivity (Wildman–Crippen MR) is 106 cm³/mol. The molecule has 0 radical (unpaired) electrons. The molecular weight excluding hydrogens is 340 g/mol. The molecule has 3 heterocycles. The maximum absolute atomic E-state index is 12.6. The van der Waals surface area contributed by atoms with Gasteiger partial charge in [-0.3, -0.25) is 14.5 Å². The van der Waals surface area contributed by atoms with Crippen LogP contribution in [0.1, 0.15) is 24.8 Å². The Labute approximate surface area is 159 Å². The lowest BCUT2D eigenvalue weighted by atomic mass is 9.96. The van der Waals surface area contributed by atoms with Crippen LogP contribution in [-0.4, -0.2) is 59.3 Å². The zero-order valence-corrected chi connectivity index (χ0v) is 15.5. The van der Waals surface area contributed by atoms with Crippen LogP contribution in [0.2, 0.25) is 0 Å². The molecule has 6 nitrogen and oxygen atoms in total. The molecule has 27 heavy (non-hydrogen) atoms. The van der Waals surface area contributed by atoms with Gasteiger partial charge < -0.3 is 15.6 Å². The van der Waals surface area contributed by atoms with E-state index in [9.17, 15) is 9.59 Å². The molecule has 3 N–H and O–H groups in total. The van der Waals surface area contributed by atoms with E-state index in [4.69, 9.17) is 5.73 Å². The first-order chi connectivity index (χ1) is 13.1. The van der Waals surface area contributed by atoms with Crippen molar-refractivity contribution >= 4 is 28.3 Å². The summed E-state index contributed by atoms with van der Waals surface area (Å²) >= 11 is 0. The fourth-order valence-electron chi connectivity index (χ4n) is 4.14. The van der Waals surface area contributed by atoms with Gasteiger partial charge in [0.1, 0.15) is 0 Å². The van der Waals surface area contributed by atoms with E-state index in [-0.39, 0.29) is 17.7 Å². The lowest BCUT2D eigenvalue weighted by Gasteiger charge is -2.33. The van der Waals surface area contributed by atoms with Crippen molar-refractivity contribution in [1.82, 2.24) is 14.8 Å². The summed E-state index contributed by atoms with van der Waals surface area (Å²) in [7, 11) is 0. The smallest absolute Gasteiger partial charge is 0.236 e. The Kier molecular flexibility index (Phi) is 4.99. The number of nitrogens with zero attached hydrogens (tertiary/aromatic N) is 2. The second kappa shape index (κ2) is 7.56. The number of carbonyl (C=O) groups excluding carboxylic acids is 2. The number of amides is 2. The number of nitrogens with one attached hydrogen (secondary N) is 1.